The van der Waals surface area contributed by atoms with E-state index >= 15 is 0 Å². The maximum absolute atomic E-state index is 11.8. The SMILES string of the molecule is COC(=O)[C@@]12CCCN1C[C@H](OC)C2. The first-order valence-corrected chi connectivity index (χ1v) is 5.09. The first-order chi connectivity index (χ1) is 6.73. The fourth-order valence-corrected chi connectivity index (χ4v) is 2.78. The third-order valence-corrected chi connectivity index (χ3v) is 3.51. The van der Waals surface area contributed by atoms with Crippen LogP contribution in [0.3, 0.4) is 0 Å². The molecule has 0 N–H and O–H groups in total. The molecule has 0 aromatic carbocycles. The molecule has 80 valence electrons. The van der Waals surface area contributed by atoms with Crippen molar-refractivity contribution in [2.75, 3.05) is 27.3 Å². The average Bonchev–Trinajstić information content (AvgIpc) is 2.72. The van der Waals surface area contributed by atoms with Crippen LogP contribution in [-0.4, -0.2) is 49.8 Å². The quantitative estimate of drug-likeness (QED) is 0.604. The highest BCUT2D eigenvalue weighted by molar-refractivity contribution is 5.81. The lowest BCUT2D eigenvalue weighted by atomic mass is 9.93. The molecule has 0 aliphatic carbocycles. The van der Waals surface area contributed by atoms with Crippen LogP contribution in [-0.2, 0) is 14.3 Å². The second-order valence-corrected chi connectivity index (χ2v) is 4.13. The van der Waals surface area contributed by atoms with Gasteiger partial charge in [-0.1, -0.05) is 0 Å². The number of esters is 1. The molecule has 0 spiro atoms. The monoisotopic (exact) mass is 199 g/mol. The van der Waals surface area contributed by atoms with Crippen LogP contribution in [0.2, 0.25) is 0 Å². The number of hydrogen-bond acceptors (Lipinski definition) is 4. The third kappa shape index (κ3) is 1.25. The summed E-state index contributed by atoms with van der Waals surface area (Å²) in [6, 6.07) is 0. The Kier molecular flexibility index (Phi) is 2.49. The molecule has 4 heteroatoms. The zero-order valence-electron chi connectivity index (χ0n) is 8.78. The van der Waals surface area contributed by atoms with E-state index in [0.29, 0.717) is 0 Å². The predicted molar refractivity (Wildman–Crippen MR) is 51.0 cm³/mol. The van der Waals surface area contributed by atoms with Gasteiger partial charge in [0.05, 0.1) is 13.2 Å². The molecule has 14 heavy (non-hydrogen) atoms. The zero-order valence-corrected chi connectivity index (χ0v) is 8.78. The van der Waals surface area contributed by atoms with E-state index in [2.05, 4.69) is 4.90 Å². The van der Waals surface area contributed by atoms with Gasteiger partial charge in [0, 0.05) is 20.1 Å². The Morgan fingerprint density at radius 2 is 2.29 bits per heavy atom. The zero-order chi connectivity index (χ0) is 10.2. The van der Waals surface area contributed by atoms with Gasteiger partial charge in [0.15, 0.2) is 0 Å². The molecule has 0 unspecified atom stereocenters. The van der Waals surface area contributed by atoms with E-state index in [4.69, 9.17) is 9.47 Å². The van der Waals surface area contributed by atoms with Gasteiger partial charge in [-0.25, -0.2) is 0 Å². The largest absolute Gasteiger partial charge is 0.468 e. The minimum Gasteiger partial charge on any atom is -0.468 e. The van der Waals surface area contributed by atoms with Crippen molar-refractivity contribution >= 4 is 5.97 Å². The average molecular weight is 199 g/mol. The molecule has 2 atom stereocenters. The van der Waals surface area contributed by atoms with Gasteiger partial charge in [0.2, 0.25) is 0 Å². The second kappa shape index (κ2) is 3.51. The van der Waals surface area contributed by atoms with E-state index in [1.165, 1.54) is 7.11 Å². The predicted octanol–water partition coefficient (Wildman–Crippen LogP) is 0.413. The van der Waals surface area contributed by atoms with Gasteiger partial charge in [-0.3, -0.25) is 9.69 Å². The smallest absolute Gasteiger partial charge is 0.326 e. The normalized spacial score (nSPS) is 37.1. The lowest BCUT2D eigenvalue weighted by molar-refractivity contribution is -0.151. The summed E-state index contributed by atoms with van der Waals surface area (Å²) in [5.41, 5.74) is -0.366. The molecule has 4 nitrogen and oxygen atoms in total. The van der Waals surface area contributed by atoms with Crippen molar-refractivity contribution < 1.29 is 14.3 Å². The second-order valence-electron chi connectivity index (χ2n) is 4.13. The van der Waals surface area contributed by atoms with E-state index in [9.17, 15) is 4.79 Å². The molecule has 0 amide bonds. The lowest BCUT2D eigenvalue weighted by Crippen LogP contribution is -2.46. The van der Waals surface area contributed by atoms with Crippen molar-refractivity contribution in [3.05, 3.63) is 0 Å². The summed E-state index contributed by atoms with van der Waals surface area (Å²) in [7, 11) is 3.17. The molecule has 2 saturated heterocycles. The van der Waals surface area contributed by atoms with Crippen molar-refractivity contribution in [3.63, 3.8) is 0 Å². The van der Waals surface area contributed by atoms with E-state index in [-0.39, 0.29) is 17.6 Å². The van der Waals surface area contributed by atoms with Gasteiger partial charge >= 0.3 is 5.97 Å². The molecule has 2 heterocycles. The molecule has 0 saturated carbocycles. The molecule has 2 fully saturated rings. The van der Waals surface area contributed by atoms with Gasteiger partial charge in [-0.05, 0) is 19.4 Å². The highest BCUT2D eigenvalue weighted by Crippen LogP contribution is 2.40. The first-order valence-electron chi connectivity index (χ1n) is 5.09. The molecular formula is C10H17NO3. The number of methoxy groups -OCH3 is 2. The Bertz CT molecular complexity index is 244. The number of rotatable bonds is 2. The molecular weight excluding hydrogens is 182 g/mol. The number of hydrogen-bond donors (Lipinski definition) is 0. The molecule has 0 aromatic heterocycles. The van der Waals surface area contributed by atoms with E-state index in [1.54, 1.807) is 7.11 Å². The summed E-state index contributed by atoms with van der Waals surface area (Å²) < 4.78 is 10.2. The molecule has 0 radical (unpaired) electrons. The van der Waals surface area contributed by atoms with Crippen molar-refractivity contribution in [1.29, 1.82) is 0 Å². The van der Waals surface area contributed by atoms with Crippen LogP contribution in [0.5, 0.6) is 0 Å². The maximum Gasteiger partial charge on any atom is 0.326 e. The number of carbonyl (C=O) groups excluding carboxylic acids is 1. The molecule has 0 aromatic rings. The van der Waals surface area contributed by atoms with Gasteiger partial charge in [0.1, 0.15) is 5.54 Å². The van der Waals surface area contributed by atoms with Gasteiger partial charge in [-0.2, -0.15) is 0 Å². The van der Waals surface area contributed by atoms with Crippen LogP contribution in [0.1, 0.15) is 19.3 Å². The van der Waals surface area contributed by atoms with Crippen LogP contribution in [0.25, 0.3) is 0 Å². The van der Waals surface area contributed by atoms with Gasteiger partial charge in [-0.15, -0.1) is 0 Å². The highest BCUT2D eigenvalue weighted by atomic mass is 16.5. The number of carbonyl (C=O) groups is 1. The van der Waals surface area contributed by atoms with Crippen molar-refractivity contribution in [1.82, 2.24) is 4.90 Å². The summed E-state index contributed by atoms with van der Waals surface area (Å²) in [6.45, 7) is 1.86. The molecule has 2 rings (SSSR count). The lowest BCUT2D eigenvalue weighted by Gasteiger charge is -2.27. The van der Waals surface area contributed by atoms with Crippen LogP contribution in [0.4, 0.5) is 0 Å². The summed E-state index contributed by atoms with van der Waals surface area (Å²) in [4.78, 5) is 14.0. The molecule has 0 bridgehead atoms. The fraction of sp³-hybridized carbons (Fsp3) is 0.900. The molecule has 2 aliphatic rings. The van der Waals surface area contributed by atoms with Crippen LogP contribution in [0, 0.1) is 0 Å². The Labute approximate surface area is 84.2 Å². The minimum absolute atomic E-state index is 0.0884. The number of nitrogens with zero attached hydrogens (tertiary/aromatic N) is 1. The van der Waals surface area contributed by atoms with Crippen LogP contribution >= 0.6 is 0 Å². The van der Waals surface area contributed by atoms with Crippen LogP contribution < -0.4 is 0 Å². The Hall–Kier alpha value is -0.610. The van der Waals surface area contributed by atoms with Crippen molar-refractivity contribution in [2.24, 2.45) is 0 Å². The standard InChI is InChI=1S/C10H17NO3/c1-13-8-6-10(9(12)14-2)4-3-5-11(10)7-8/h8H,3-7H2,1-2H3/t8-,10+/m1/s1. The maximum atomic E-state index is 11.8. The Balaban J connectivity index is 2.18. The number of fused-ring (bicyclic) bond motifs is 1. The molecule has 2 aliphatic heterocycles. The van der Waals surface area contributed by atoms with Crippen molar-refractivity contribution in [3.8, 4) is 0 Å². The van der Waals surface area contributed by atoms with E-state index < -0.39 is 0 Å². The first kappa shape index (κ1) is 9.93. The summed E-state index contributed by atoms with van der Waals surface area (Å²) in [5, 5.41) is 0. The van der Waals surface area contributed by atoms with Crippen LogP contribution in [0.15, 0.2) is 0 Å². The third-order valence-electron chi connectivity index (χ3n) is 3.51. The number of ether oxygens (including phenoxy) is 2. The highest BCUT2D eigenvalue weighted by Gasteiger charge is 2.54. The minimum atomic E-state index is -0.366. The van der Waals surface area contributed by atoms with E-state index in [1.807, 2.05) is 0 Å². The Morgan fingerprint density at radius 1 is 1.50 bits per heavy atom. The van der Waals surface area contributed by atoms with Gasteiger partial charge < -0.3 is 9.47 Å². The fourth-order valence-electron chi connectivity index (χ4n) is 2.78. The Morgan fingerprint density at radius 3 is 2.93 bits per heavy atom. The summed E-state index contributed by atoms with van der Waals surface area (Å²) in [6.07, 6.45) is 2.98. The van der Waals surface area contributed by atoms with Gasteiger partial charge in [0.25, 0.3) is 0 Å². The summed E-state index contributed by atoms with van der Waals surface area (Å²) in [5.74, 6) is -0.0884. The summed E-state index contributed by atoms with van der Waals surface area (Å²) >= 11 is 0. The van der Waals surface area contributed by atoms with Crippen molar-refractivity contribution in [2.45, 2.75) is 30.9 Å². The topological polar surface area (TPSA) is 38.8 Å². The van der Waals surface area contributed by atoms with E-state index in [0.717, 1.165) is 32.4 Å².